The highest BCUT2D eigenvalue weighted by atomic mass is 16.3. The van der Waals surface area contributed by atoms with Gasteiger partial charge in [0.15, 0.2) is 0 Å². The predicted molar refractivity (Wildman–Crippen MR) is 74.4 cm³/mol. The second kappa shape index (κ2) is 5.41. The number of anilines is 1. The molecule has 0 spiro atoms. The van der Waals surface area contributed by atoms with E-state index in [9.17, 15) is 5.11 Å². The Morgan fingerprint density at radius 3 is 2.17 bits per heavy atom. The Hall–Kier alpha value is -1.53. The van der Waals surface area contributed by atoms with Gasteiger partial charge in [-0.1, -0.05) is 26.0 Å². The molecule has 0 unspecified atom stereocenters. The molecule has 3 heteroatoms. The van der Waals surface area contributed by atoms with E-state index < -0.39 is 5.41 Å². The minimum atomic E-state index is -0.455. The van der Waals surface area contributed by atoms with E-state index in [-0.39, 0.29) is 12.0 Å². The fraction of sp³-hybridized carbons (Fsp3) is 0.533. The minimum Gasteiger partial charge on any atom is -0.396 e. The standard InChI is InChI=1S/C15H22N2O/c1-14(2,11-18)10-17-13-7-5-12(6-8-13)15(3,4)9-16/h5-8,17-18H,10-11H2,1-4H3. The lowest BCUT2D eigenvalue weighted by Crippen LogP contribution is -2.26. The van der Waals surface area contributed by atoms with Crippen molar-refractivity contribution in [1.82, 2.24) is 0 Å². The molecule has 98 valence electrons. The third kappa shape index (κ3) is 3.75. The van der Waals surface area contributed by atoms with Crippen LogP contribution in [0.1, 0.15) is 33.3 Å². The molecule has 3 nitrogen and oxygen atoms in total. The highest BCUT2D eigenvalue weighted by Crippen LogP contribution is 2.24. The maximum Gasteiger partial charge on any atom is 0.0766 e. The van der Waals surface area contributed by atoms with Gasteiger partial charge in [0, 0.05) is 24.3 Å². The van der Waals surface area contributed by atoms with Gasteiger partial charge in [0.1, 0.15) is 0 Å². The molecular weight excluding hydrogens is 224 g/mol. The zero-order valence-corrected chi connectivity index (χ0v) is 11.6. The number of nitrogens with zero attached hydrogens (tertiary/aromatic N) is 1. The fourth-order valence-corrected chi connectivity index (χ4v) is 1.47. The third-order valence-electron chi connectivity index (χ3n) is 3.09. The molecule has 0 atom stereocenters. The smallest absolute Gasteiger partial charge is 0.0766 e. The topological polar surface area (TPSA) is 56.0 Å². The quantitative estimate of drug-likeness (QED) is 0.840. The van der Waals surface area contributed by atoms with Gasteiger partial charge >= 0.3 is 0 Å². The molecule has 0 aromatic heterocycles. The molecule has 1 aromatic carbocycles. The van der Waals surface area contributed by atoms with E-state index in [1.165, 1.54) is 0 Å². The Bertz CT molecular complexity index is 427. The molecule has 0 bridgehead atoms. The normalized spacial score (nSPS) is 12.0. The molecular formula is C15H22N2O. The molecule has 0 heterocycles. The van der Waals surface area contributed by atoms with Crippen LogP contribution in [0, 0.1) is 16.7 Å². The van der Waals surface area contributed by atoms with E-state index in [2.05, 4.69) is 11.4 Å². The molecule has 1 rings (SSSR count). The Morgan fingerprint density at radius 1 is 1.17 bits per heavy atom. The highest BCUT2D eigenvalue weighted by molar-refractivity contribution is 5.47. The van der Waals surface area contributed by atoms with Crippen LogP contribution in [0.2, 0.25) is 0 Å². The van der Waals surface area contributed by atoms with Crippen molar-refractivity contribution in [2.45, 2.75) is 33.1 Å². The van der Waals surface area contributed by atoms with Gasteiger partial charge in [-0.25, -0.2) is 0 Å². The van der Waals surface area contributed by atoms with E-state index >= 15 is 0 Å². The summed E-state index contributed by atoms with van der Waals surface area (Å²) in [5.41, 5.74) is 1.43. The fourth-order valence-electron chi connectivity index (χ4n) is 1.47. The maximum absolute atomic E-state index is 9.18. The molecule has 0 fully saturated rings. The van der Waals surface area contributed by atoms with Crippen molar-refractivity contribution in [3.63, 3.8) is 0 Å². The van der Waals surface area contributed by atoms with Crippen LogP contribution in [0.3, 0.4) is 0 Å². The van der Waals surface area contributed by atoms with Crippen molar-refractivity contribution < 1.29 is 5.11 Å². The van der Waals surface area contributed by atoms with E-state index in [0.717, 1.165) is 11.3 Å². The van der Waals surface area contributed by atoms with Gasteiger partial charge in [-0.2, -0.15) is 5.26 Å². The number of rotatable bonds is 5. The van der Waals surface area contributed by atoms with E-state index in [0.29, 0.717) is 6.54 Å². The summed E-state index contributed by atoms with van der Waals surface area (Å²) in [5, 5.41) is 21.5. The van der Waals surface area contributed by atoms with Gasteiger partial charge in [0.2, 0.25) is 0 Å². The van der Waals surface area contributed by atoms with Crippen molar-refractivity contribution in [1.29, 1.82) is 5.26 Å². The zero-order chi connectivity index (χ0) is 13.8. The molecule has 0 aliphatic rings. The minimum absolute atomic E-state index is 0.134. The van der Waals surface area contributed by atoms with E-state index in [4.69, 9.17) is 5.26 Å². The average molecular weight is 246 g/mol. The average Bonchev–Trinajstić information content (AvgIpc) is 2.37. The first-order valence-electron chi connectivity index (χ1n) is 6.17. The summed E-state index contributed by atoms with van der Waals surface area (Å²) in [6, 6.07) is 10.2. The monoisotopic (exact) mass is 246 g/mol. The molecule has 0 radical (unpaired) electrons. The molecule has 0 aliphatic heterocycles. The van der Waals surface area contributed by atoms with Crippen LogP contribution in [-0.4, -0.2) is 18.3 Å². The lowest BCUT2D eigenvalue weighted by atomic mass is 9.86. The second-order valence-electron chi connectivity index (χ2n) is 5.99. The number of hydrogen-bond acceptors (Lipinski definition) is 3. The van der Waals surface area contributed by atoms with Gasteiger partial charge in [-0.05, 0) is 31.5 Å². The highest BCUT2D eigenvalue weighted by Gasteiger charge is 2.19. The van der Waals surface area contributed by atoms with Crippen LogP contribution in [0.15, 0.2) is 24.3 Å². The maximum atomic E-state index is 9.18. The Kier molecular flexibility index (Phi) is 4.37. The largest absolute Gasteiger partial charge is 0.396 e. The number of nitrogens with one attached hydrogen (secondary N) is 1. The number of benzene rings is 1. The van der Waals surface area contributed by atoms with Gasteiger partial charge in [0.05, 0.1) is 11.5 Å². The molecule has 18 heavy (non-hydrogen) atoms. The molecule has 2 N–H and O–H groups in total. The van der Waals surface area contributed by atoms with Crippen LogP contribution in [0.5, 0.6) is 0 Å². The van der Waals surface area contributed by atoms with Crippen molar-refractivity contribution >= 4 is 5.69 Å². The number of hydrogen-bond donors (Lipinski definition) is 2. The first kappa shape index (κ1) is 14.5. The van der Waals surface area contributed by atoms with Crippen molar-refractivity contribution in [2.24, 2.45) is 5.41 Å². The molecule has 0 saturated carbocycles. The summed E-state index contributed by atoms with van der Waals surface area (Å²) in [4.78, 5) is 0. The summed E-state index contributed by atoms with van der Waals surface area (Å²) < 4.78 is 0. The molecule has 1 aromatic rings. The van der Waals surface area contributed by atoms with Crippen LogP contribution >= 0.6 is 0 Å². The Morgan fingerprint density at radius 2 is 1.72 bits per heavy atom. The second-order valence-corrected chi connectivity index (χ2v) is 5.99. The first-order valence-corrected chi connectivity index (χ1v) is 6.17. The Balaban J connectivity index is 2.71. The SMILES string of the molecule is CC(C)(CO)CNc1ccc(C(C)(C)C#N)cc1. The van der Waals surface area contributed by atoms with Crippen molar-refractivity contribution in [2.75, 3.05) is 18.5 Å². The van der Waals surface area contributed by atoms with Gasteiger partial charge in [-0.3, -0.25) is 0 Å². The van der Waals surface area contributed by atoms with Gasteiger partial charge in [-0.15, -0.1) is 0 Å². The number of aliphatic hydroxyl groups is 1. The third-order valence-corrected chi connectivity index (χ3v) is 3.09. The van der Waals surface area contributed by atoms with Crippen molar-refractivity contribution in [3.05, 3.63) is 29.8 Å². The van der Waals surface area contributed by atoms with Crippen LogP contribution < -0.4 is 5.32 Å². The molecule has 0 aliphatic carbocycles. The van der Waals surface area contributed by atoms with Crippen LogP contribution in [0.4, 0.5) is 5.69 Å². The Labute approximate surface area is 109 Å². The summed E-state index contributed by atoms with van der Waals surface area (Å²) in [5.74, 6) is 0. The van der Waals surface area contributed by atoms with Crippen LogP contribution in [-0.2, 0) is 5.41 Å². The predicted octanol–water partition coefficient (Wildman–Crippen LogP) is 2.92. The summed E-state index contributed by atoms with van der Waals surface area (Å²) in [6.45, 7) is 8.69. The number of nitriles is 1. The lowest BCUT2D eigenvalue weighted by Gasteiger charge is -2.23. The molecule has 0 amide bonds. The van der Waals surface area contributed by atoms with Gasteiger partial charge < -0.3 is 10.4 Å². The summed E-state index contributed by atoms with van der Waals surface area (Å²) in [7, 11) is 0. The van der Waals surface area contributed by atoms with E-state index in [1.54, 1.807) is 0 Å². The summed E-state index contributed by atoms with van der Waals surface area (Å²) in [6.07, 6.45) is 0. The molecule has 0 saturated heterocycles. The first-order chi connectivity index (χ1) is 8.30. The summed E-state index contributed by atoms with van der Waals surface area (Å²) >= 11 is 0. The number of aliphatic hydroxyl groups excluding tert-OH is 1. The zero-order valence-electron chi connectivity index (χ0n) is 11.6. The van der Waals surface area contributed by atoms with Gasteiger partial charge in [0.25, 0.3) is 0 Å². The lowest BCUT2D eigenvalue weighted by molar-refractivity contribution is 0.171. The van der Waals surface area contributed by atoms with Crippen LogP contribution in [0.25, 0.3) is 0 Å². The van der Waals surface area contributed by atoms with Crippen molar-refractivity contribution in [3.8, 4) is 6.07 Å². The van der Waals surface area contributed by atoms with E-state index in [1.807, 2.05) is 52.0 Å².